The van der Waals surface area contributed by atoms with Gasteiger partial charge in [0.25, 0.3) is 5.91 Å². The Morgan fingerprint density at radius 2 is 1.82 bits per heavy atom. The molecular formula is C22H28N2O4. The van der Waals surface area contributed by atoms with E-state index in [0.29, 0.717) is 30.3 Å². The lowest BCUT2D eigenvalue weighted by Crippen LogP contribution is -2.17. The fraction of sp³-hybridized carbons (Fsp3) is 0.364. The summed E-state index contributed by atoms with van der Waals surface area (Å²) < 4.78 is 11.5. The van der Waals surface area contributed by atoms with E-state index in [-0.39, 0.29) is 11.7 Å². The van der Waals surface area contributed by atoms with Crippen LogP contribution in [-0.4, -0.2) is 30.4 Å². The summed E-state index contributed by atoms with van der Waals surface area (Å²) in [5.41, 5.74) is 3.66. The van der Waals surface area contributed by atoms with E-state index >= 15 is 0 Å². The van der Waals surface area contributed by atoms with Crippen molar-refractivity contribution in [2.45, 2.75) is 39.5 Å². The second-order valence-electron chi connectivity index (χ2n) is 6.29. The number of hydrogen-bond acceptors (Lipinski definition) is 5. The van der Waals surface area contributed by atoms with Crippen molar-refractivity contribution in [2.75, 3.05) is 13.2 Å². The fourth-order valence-corrected chi connectivity index (χ4v) is 2.55. The topological polar surface area (TPSA) is 80.2 Å². The minimum absolute atomic E-state index is 0.108. The van der Waals surface area contributed by atoms with Crippen LogP contribution in [0.4, 0.5) is 0 Å². The van der Waals surface area contributed by atoms with Gasteiger partial charge >= 0.3 is 0 Å². The zero-order valence-corrected chi connectivity index (χ0v) is 16.5. The predicted molar refractivity (Wildman–Crippen MR) is 110 cm³/mol. The summed E-state index contributed by atoms with van der Waals surface area (Å²) in [5, 5.41) is 13.2. The molecular weight excluding hydrogens is 356 g/mol. The molecule has 2 aromatic carbocycles. The maximum atomic E-state index is 12.0. The van der Waals surface area contributed by atoms with Gasteiger partial charge in [-0.25, -0.2) is 5.43 Å². The highest BCUT2D eigenvalue weighted by Crippen LogP contribution is 2.28. The highest BCUT2D eigenvalue weighted by atomic mass is 16.5. The fourth-order valence-electron chi connectivity index (χ4n) is 2.55. The SMILES string of the molecule is CCCCCCOc1ccc(/C=N/NC(=O)c2ccc(O)cc2)cc1OCC. The molecule has 0 bridgehead atoms. The number of hydrogen-bond donors (Lipinski definition) is 2. The summed E-state index contributed by atoms with van der Waals surface area (Å²) >= 11 is 0. The molecule has 0 saturated carbocycles. The standard InChI is InChI=1S/C22H28N2O4/c1-3-5-6-7-14-28-20-13-8-17(15-21(20)27-4-2)16-23-24-22(26)18-9-11-19(25)12-10-18/h8-13,15-16,25H,3-7,14H2,1-2H3,(H,24,26)/b23-16+. The minimum Gasteiger partial charge on any atom is -0.508 e. The van der Waals surface area contributed by atoms with E-state index in [2.05, 4.69) is 17.5 Å². The molecule has 150 valence electrons. The molecule has 0 saturated heterocycles. The third-order valence-electron chi connectivity index (χ3n) is 4.03. The van der Waals surface area contributed by atoms with Crippen molar-refractivity contribution in [3.05, 3.63) is 53.6 Å². The molecule has 0 aliphatic rings. The summed E-state index contributed by atoms with van der Waals surface area (Å²) in [6, 6.07) is 11.5. The second kappa shape index (κ2) is 11.6. The Kier molecular flexibility index (Phi) is 8.85. The summed E-state index contributed by atoms with van der Waals surface area (Å²) in [5.74, 6) is 1.12. The number of aromatic hydroxyl groups is 1. The number of carbonyl (C=O) groups excluding carboxylic acids is 1. The van der Waals surface area contributed by atoms with Gasteiger partial charge in [-0.05, 0) is 61.4 Å². The van der Waals surface area contributed by atoms with Crippen LogP contribution in [0.3, 0.4) is 0 Å². The van der Waals surface area contributed by atoms with Crippen molar-refractivity contribution < 1.29 is 19.4 Å². The largest absolute Gasteiger partial charge is 0.508 e. The third-order valence-corrected chi connectivity index (χ3v) is 4.03. The minimum atomic E-state index is -0.353. The van der Waals surface area contributed by atoms with E-state index < -0.39 is 0 Å². The molecule has 0 aliphatic heterocycles. The first kappa shape index (κ1) is 21.3. The molecule has 0 aromatic heterocycles. The molecule has 6 heteroatoms. The molecule has 0 heterocycles. The Morgan fingerprint density at radius 1 is 1.04 bits per heavy atom. The quantitative estimate of drug-likeness (QED) is 0.339. The van der Waals surface area contributed by atoms with Crippen molar-refractivity contribution in [2.24, 2.45) is 5.10 Å². The van der Waals surface area contributed by atoms with Crippen LogP contribution in [0, 0.1) is 0 Å². The molecule has 2 aromatic rings. The van der Waals surface area contributed by atoms with E-state index in [0.717, 1.165) is 18.4 Å². The van der Waals surface area contributed by atoms with Crippen LogP contribution in [0.15, 0.2) is 47.6 Å². The molecule has 0 radical (unpaired) electrons. The number of hydrazone groups is 1. The highest BCUT2D eigenvalue weighted by Gasteiger charge is 2.07. The molecule has 0 spiro atoms. The van der Waals surface area contributed by atoms with Crippen molar-refractivity contribution in [3.63, 3.8) is 0 Å². The van der Waals surface area contributed by atoms with E-state index in [1.54, 1.807) is 6.21 Å². The van der Waals surface area contributed by atoms with Crippen LogP contribution >= 0.6 is 0 Å². The molecule has 0 unspecified atom stereocenters. The summed E-state index contributed by atoms with van der Waals surface area (Å²) in [6.07, 6.45) is 6.14. The van der Waals surface area contributed by atoms with Gasteiger partial charge in [0, 0.05) is 5.56 Å². The number of rotatable bonds is 11. The predicted octanol–water partition coefficient (Wildman–Crippen LogP) is 4.51. The Bertz CT molecular complexity index is 773. The average molecular weight is 384 g/mol. The molecule has 0 atom stereocenters. The first-order chi connectivity index (χ1) is 13.6. The van der Waals surface area contributed by atoms with E-state index in [9.17, 15) is 9.90 Å². The van der Waals surface area contributed by atoms with Crippen LogP contribution in [0.5, 0.6) is 17.2 Å². The van der Waals surface area contributed by atoms with Gasteiger partial charge in [-0.2, -0.15) is 5.10 Å². The lowest BCUT2D eigenvalue weighted by molar-refractivity contribution is 0.0955. The lowest BCUT2D eigenvalue weighted by atomic mass is 10.2. The highest BCUT2D eigenvalue weighted by molar-refractivity contribution is 5.95. The maximum absolute atomic E-state index is 12.0. The van der Waals surface area contributed by atoms with Crippen LogP contribution in [0.1, 0.15) is 55.5 Å². The van der Waals surface area contributed by atoms with Crippen molar-refractivity contribution in [1.29, 1.82) is 0 Å². The molecule has 0 aliphatic carbocycles. The van der Waals surface area contributed by atoms with Crippen LogP contribution < -0.4 is 14.9 Å². The van der Waals surface area contributed by atoms with Crippen LogP contribution in [0.25, 0.3) is 0 Å². The average Bonchev–Trinajstić information content (AvgIpc) is 2.70. The zero-order valence-electron chi connectivity index (χ0n) is 16.5. The molecule has 2 rings (SSSR count). The third kappa shape index (κ3) is 6.95. The Hall–Kier alpha value is -3.02. The molecule has 0 fully saturated rings. The van der Waals surface area contributed by atoms with Gasteiger partial charge in [-0.3, -0.25) is 4.79 Å². The van der Waals surface area contributed by atoms with Gasteiger partial charge in [0.05, 0.1) is 19.4 Å². The van der Waals surface area contributed by atoms with Crippen molar-refractivity contribution >= 4 is 12.1 Å². The normalized spacial score (nSPS) is 10.8. The summed E-state index contributed by atoms with van der Waals surface area (Å²) in [7, 11) is 0. The summed E-state index contributed by atoms with van der Waals surface area (Å²) in [4.78, 5) is 12.0. The van der Waals surface area contributed by atoms with Crippen LogP contribution in [0.2, 0.25) is 0 Å². The van der Waals surface area contributed by atoms with Gasteiger partial charge in [-0.1, -0.05) is 26.2 Å². The van der Waals surface area contributed by atoms with Crippen molar-refractivity contribution in [1.82, 2.24) is 5.43 Å². The lowest BCUT2D eigenvalue weighted by Gasteiger charge is -2.12. The number of nitrogens with one attached hydrogen (secondary N) is 1. The first-order valence-electron chi connectivity index (χ1n) is 9.66. The van der Waals surface area contributed by atoms with E-state index in [1.165, 1.54) is 37.1 Å². The number of amides is 1. The number of ether oxygens (including phenoxy) is 2. The smallest absolute Gasteiger partial charge is 0.271 e. The number of phenolic OH excluding ortho intramolecular Hbond substituents is 1. The monoisotopic (exact) mass is 384 g/mol. The van der Waals surface area contributed by atoms with Gasteiger partial charge < -0.3 is 14.6 Å². The van der Waals surface area contributed by atoms with E-state index in [1.807, 2.05) is 25.1 Å². The Balaban J connectivity index is 1.95. The maximum Gasteiger partial charge on any atom is 0.271 e. The van der Waals surface area contributed by atoms with Gasteiger partial charge in [-0.15, -0.1) is 0 Å². The summed E-state index contributed by atoms with van der Waals surface area (Å²) in [6.45, 7) is 5.30. The molecule has 28 heavy (non-hydrogen) atoms. The number of phenols is 1. The number of benzene rings is 2. The number of carbonyl (C=O) groups is 1. The number of nitrogens with zero attached hydrogens (tertiary/aromatic N) is 1. The zero-order chi connectivity index (χ0) is 20.2. The van der Waals surface area contributed by atoms with Crippen molar-refractivity contribution in [3.8, 4) is 17.2 Å². The first-order valence-corrected chi connectivity index (χ1v) is 9.66. The van der Waals surface area contributed by atoms with Gasteiger partial charge in [0.15, 0.2) is 11.5 Å². The van der Waals surface area contributed by atoms with E-state index in [4.69, 9.17) is 9.47 Å². The Labute approximate surface area is 166 Å². The van der Waals surface area contributed by atoms with Gasteiger partial charge in [0.1, 0.15) is 5.75 Å². The van der Waals surface area contributed by atoms with Crippen LogP contribution in [-0.2, 0) is 0 Å². The Morgan fingerprint density at radius 3 is 2.54 bits per heavy atom. The van der Waals surface area contributed by atoms with Gasteiger partial charge in [0.2, 0.25) is 0 Å². The molecule has 6 nitrogen and oxygen atoms in total. The number of unbranched alkanes of at least 4 members (excludes halogenated alkanes) is 3. The second-order valence-corrected chi connectivity index (χ2v) is 6.29. The molecule has 2 N–H and O–H groups in total. The molecule has 1 amide bonds.